The van der Waals surface area contributed by atoms with Crippen molar-refractivity contribution in [2.75, 3.05) is 40.8 Å². The maximum atomic E-state index is 12.6. The van der Waals surface area contributed by atoms with Crippen LogP contribution in [0.4, 0.5) is 14.4 Å². The fraction of sp³-hybridized carbons (Fsp3) is 0.579. The highest BCUT2D eigenvalue weighted by Crippen LogP contribution is 2.27. The molecule has 0 unspecified atom stereocenters. The molecule has 0 spiro atoms. The highest BCUT2D eigenvalue weighted by molar-refractivity contribution is 5.94. The molecule has 0 aromatic heterocycles. The van der Waals surface area contributed by atoms with Gasteiger partial charge in [-0.1, -0.05) is 5.16 Å². The lowest BCUT2D eigenvalue weighted by Gasteiger charge is -2.34. The van der Waals surface area contributed by atoms with Crippen LogP contribution < -0.4 is 26.6 Å². The van der Waals surface area contributed by atoms with Crippen LogP contribution in [0.2, 0.25) is 0 Å². The minimum atomic E-state index is -1.23. The van der Waals surface area contributed by atoms with Crippen molar-refractivity contribution >= 4 is 36.3 Å². The summed E-state index contributed by atoms with van der Waals surface area (Å²) in [5, 5.41) is 15.5. The van der Waals surface area contributed by atoms with Gasteiger partial charge in [-0.15, -0.1) is 0 Å². The molecule has 190 valence electrons. The quantitative estimate of drug-likeness (QED) is 0.108. The number of hydrogen-bond acceptors (Lipinski definition) is 10. The summed E-state index contributed by atoms with van der Waals surface area (Å²) in [5.41, 5.74) is 0.133. The molecule has 0 radical (unpaired) electrons. The van der Waals surface area contributed by atoms with Crippen LogP contribution in [0.25, 0.3) is 0 Å². The standard InChI is InChI=1S/C19H30N6O9/c1-11(26)23-5-6-25-31-8-7-24-16(27)12-9-13(32-17(28)20-2)15(34-19(30)22-4)14(10-12)33-18(29)21-3/h6,9,13-15H,5,7-8,10H2,1-4H3,(H,20,28)(H,21,29)(H,22,30)(H,23,26)(H,24,27)/b25-6-/t13-,14-,15-/m1/s1. The van der Waals surface area contributed by atoms with E-state index in [1.54, 1.807) is 0 Å². The Morgan fingerprint density at radius 3 is 2.21 bits per heavy atom. The van der Waals surface area contributed by atoms with Crippen LogP contribution in [0, 0.1) is 0 Å². The smallest absolute Gasteiger partial charge is 0.407 e. The van der Waals surface area contributed by atoms with Gasteiger partial charge in [0, 0.05) is 40.1 Å². The summed E-state index contributed by atoms with van der Waals surface area (Å²) in [6.45, 7) is 1.68. The Balaban J connectivity index is 2.87. The van der Waals surface area contributed by atoms with Crippen molar-refractivity contribution in [1.29, 1.82) is 0 Å². The minimum absolute atomic E-state index is 0.0360. The number of carbonyl (C=O) groups is 5. The lowest BCUT2D eigenvalue weighted by molar-refractivity contribution is -0.120. The van der Waals surface area contributed by atoms with Gasteiger partial charge in [-0.05, 0) is 6.08 Å². The van der Waals surface area contributed by atoms with Crippen molar-refractivity contribution in [3.63, 3.8) is 0 Å². The number of amides is 5. The van der Waals surface area contributed by atoms with Gasteiger partial charge in [-0.2, -0.15) is 0 Å². The SMILES string of the molecule is CNC(=O)O[C@@H]1[C@H](OC(=O)NC)C=C(C(=O)NCCO/N=C\CNC(C)=O)C[C@H]1OC(=O)NC. The van der Waals surface area contributed by atoms with Crippen LogP contribution in [-0.4, -0.2) is 95.5 Å². The molecular formula is C19H30N6O9. The van der Waals surface area contributed by atoms with Crippen molar-refractivity contribution in [1.82, 2.24) is 26.6 Å². The molecular weight excluding hydrogens is 456 g/mol. The molecule has 0 aliphatic heterocycles. The van der Waals surface area contributed by atoms with Crippen LogP contribution in [-0.2, 0) is 28.6 Å². The van der Waals surface area contributed by atoms with Crippen LogP contribution in [0.1, 0.15) is 13.3 Å². The zero-order valence-corrected chi connectivity index (χ0v) is 19.3. The van der Waals surface area contributed by atoms with Crippen molar-refractivity contribution < 1.29 is 43.0 Å². The van der Waals surface area contributed by atoms with E-state index >= 15 is 0 Å². The molecule has 34 heavy (non-hydrogen) atoms. The number of nitrogens with zero attached hydrogens (tertiary/aromatic N) is 1. The molecule has 3 atom stereocenters. The second-order valence-corrected chi connectivity index (χ2v) is 6.64. The van der Waals surface area contributed by atoms with Crippen molar-refractivity contribution in [2.45, 2.75) is 31.7 Å². The lowest BCUT2D eigenvalue weighted by atomic mass is 9.91. The number of oxime groups is 1. The first-order chi connectivity index (χ1) is 16.2. The van der Waals surface area contributed by atoms with Crippen LogP contribution >= 0.6 is 0 Å². The highest BCUT2D eigenvalue weighted by Gasteiger charge is 2.42. The summed E-state index contributed by atoms with van der Waals surface area (Å²) < 4.78 is 15.7. The van der Waals surface area contributed by atoms with Gasteiger partial charge < -0.3 is 45.6 Å². The average Bonchev–Trinajstić information content (AvgIpc) is 2.81. The van der Waals surface area contributed by atoms with Gasteiger partial charge in [0.2, 0.25) is 11.8 Å². The van der Waals surface area contributed by atoms with Crippen LogP contribution in [0.3, 0.4) is 0 Å². The summed E-state index contributed by atoms with van der Waals surface area (Å²) >= 11 is 0. The second kappa shape index (κ2) is 14.9. The molecule has 15 heteroatoms. The van der Waals surface area contributed by atoms with Crippen LogP contribution in [0.5, 0.6) is 0 Å². The zero-order chi connectivity index (χ0) is 25.5. The second-order valence-electron chi connectivity index (χ2n) is 6.64. The predicted octanol–water partition coefficient (Wildman–Crippen LogP) is -1.25. The van der Waals surface area contributed by atoms with E-state index in [1.807, 2.05) is 0 Å². The topological polar surface area (TPSA) is 195 Å². The Morgan fingerprint density at radius 1 is 0.971 bits per heavy atom. The third-order valence-corrected chi connectivity index (χ3v) is 4.20. The number of nitrogens with one attached hydrogen (secondary N) is 5. The Kier molecular flexibility index (Phi) is 12.3. The Bertz CT molecular complexity index is 801. The zero-order valence-electron chi connectivity index (χ0n) is 19.3. The minimum Gasteiger partial charge on any atom is -0.442 e. The molecule has 15 nitrogen and oxygen atoms in total. The van der Waals surface area contributed by atoms with Gasteiger partial charge >= 0.3 is 18.3 Å². The van der Waals surface area contributed by atoms with E-state index in [9.17, 15) is 24.0 Å². The molecule has 0 saturated carbocycles. The summed E-state index contributed by atoms with van der Waals surface area (Å²) in [7, 11) is 3.99. The lowest BCUT2D eigenvalue weighted by Crippen LogP contribution is -2.51. The number of ether oxygens (including phenoxy) is 3. The van der Waals surface area contributed by atoms with E-state index in [0.717, 1.165) is 0 Å². The average molecular weight is 486 g/mol. The molecule has 1 aliphatic carbocycles. The van der Waals surface area contributed by atoms with Gasteiger partial charge in [-0.25, -0.2) is 14.4 Å². The third-order valence-electron chi connectivity index (χ3n) is 4.20. The van der Waals surface area contributed by atoms with E-state index in [1.165, 1.54) is 40.4 Å². The molecule has 0 fully saturated rings. The maximum Gasteiger partial charge on any atom is 0.407 e. The first kappa shape index (κ1) is 28.0. The summed E-state index contributed by atoms with van der Waals surface area (Å²) in [6, 6.07) is 0. The van der Waals surface area contributed by atoms with Crippen molar-refractivity contribution in [3.05, 3.63) is 11.6 Å². The van der Waals surface area contributed by atoms with Gasteiger partial charge in [-0.3, -0.25) is 9.59 Å². The van der Waals surface area contributed by atoms with Crippen LogP contribution in [0.15, 0.2) is 16.8 Å². The molecule has 0 aromatic rings. The summed E-state index contributed by atoms with van der Waals surface area (Å²) in [5.74, 6) is -0.750. The summed E-state index contributed by atoms with van der Waals surface area (Å²) in [4.78, 5) is 63.8. The molecule has 5 N–H and O–H groups in total. The Labute approximate surface area is 195 Å². The molecule has 0 saturated heterocycles. The fourth-order valence-corrected chi connectivity index (χ4v) is 2.64. The number of hydrogen-bond donors (Lipinski definition) is 5. The molecule has 0 bridgehead atoms. The van der Waals surface area contributed by atoms with Crippen molar-refractivity contribution in [2.24, 2.45) is 5.16 Å². The monoisotopic (exact) mass is 486 g/mol. The van der Waals surface area contributed by atoms with E-state index in [-0.39, 0.29) is 37.6 Å². The first-order valence-electron chi connectivity index (χ1n) is 10.2. The van der Waals surface area contributed by atoms with Gasteiger partial charge in [0.05, 0.1) is 19.3 Å². The normalized spacial score (nSPS) is 19.2. The van der Waals surface area contributed by atoms with E-state index < -0.39 is 42.5 Å². The van der Waals surface area contributed by atoms with Gasteiger partial charge in [0.15, 0.2) is 12.2 Å². The fourth-order valence-electron chi connectivity index (χ4n) is 2.64. The molecule has 0 heterocycles. The van der Waals surface area contributed by atoms with E-state index in [2.05, 4.69) is 31.7 Å². The number of carbonyl (C=O) groups excluding carboxylic acids is 5. The first-order valence-corrected chi connectivity index (χ1v) is 10.2. The predicted molar refractivity (Wildman–Crippen MR) is 117 cm³/mol. The van der Waals surface area contributed by atoms with E-state index in [0.29, 0.717) is 0 Å². The number of alkyl carbamates (subject to hydrolysis) is 3. The molecule has 5 amide bonds. The van der Waals surface area contributed by atoms with Gasteiger partial charge in [0.1, 0.15) is 12.7 Å². The Hall–Kier alpha value is -4.04. The van der Waals surface area contributed by atoms with Gasteiger partial charge in [0.25, 0.3) is 0 Å². The third kappa shape index (κ3) is 10.1. The Morgan fingerprint density at radius 2 is 1.59 bits per heavy atom. The summed E-state index contributed by atoms with van der Waals surface area (Å²) in [6.07, 6.45) is -3.56. The molecule has 0 aromatic carbocycles. The van der Waals surface area contributed by atoms with Crippen molar-refractivity contribution in [3.8, 4) is 0 Å². The number of rotatable bonds is 10. The maximum absolute atomic E-state index is 12.6. The van der Waals surface area contributed by atoms with E-state index in [4.69, 9.17) is 19.0 Å². The largest absolute Gasteiger partial charge is 0.442 e. The molecule has 1 rings (SSSR count). The highest BCUT2D eigenvalue weighted by atomic mass is 16.6. The molecule has 1 aliphatic rings.